The van der Waals surface area contributed by atoms with Gasteiger partial charge in [0.05, 0.1) is 31.5 Å². The molecule has 0 aliphatic heterocycles. The maximum Gasteiger partial charge on any atom is 0.335 e. The lowest BCUT2D eigenvalue weighted by molar-refractivity contribution is 0.0696. The summed E-state index contributed by atoms with van der Waals surface area (Å²) in [6, 6.07) is 19.6. The van der Waals surface area contributed by atoms with Gasteiger partial charge >= 0.3 is 11.9 Å². The van der Waals surface area contributed by atoms with Crippen LogP contribution in [0.25, 0.3) is 11.1 Å². The van der Waals surface area contributed by atoms with Crippen LogP contribution in [0.15, 0.2) is 66.7 Å². The lowest BCUT2D eigenvalue weighted by Crippen LogP contribution is -2.05. The summed E-state index contributed by atoms with van der Waals surface area (Å²) in [5.41, 5.74) is 1.97. The van der Waals surface area contributed by atoms with Crippen LogP contribution in [0.4, 0.5) is 0 Å². The quantitative estimate of drug-likeness (QED) is 0.357. The number of carboxylic acids is 2. The first kappa shape index (κ1) is 23.7. The van der Waals surface area contributed by atoms with E-state index in [9.17, 15) is 9.59 Å². The Balaban J connectivity index is 1.38. The molecule has 0 aromatic heterocycles. The van der Waals surface area contributed by atoms with Crippen LogP contribution in [0, 0.1) is 0 Å². The van der Waals surface area contributed by atoms with Crippen LogP contribution < -0.4 is 14.2 Å². The summed E-state index contributed by atoms with van der Waals surface area (Å²) in [5, 5.41) is 18.2. The molecule has 172 valence electrons. The second-order valence-electron chi connectivity index (χ2n) is 7.37. The van der Waals surface area contributed by atoms with E-state index in [0.29, 0.717) is 13.2 Å². The van der Waals surface area contributed by atoms with Crippen molar-refractivity contribution in [3.8, 4) is 28.4 Å². The van der Waals surface area contributed by atoms with E-state index >= 15 is 0 Å². The van der Waals surface area contributed by atoms with Gasteiger partial charge in [-0.15, -0.1) is 0 Å². The van der Waals surface area contributed by atoms with E-state index in [0.717, 1.165) is 48.0 Å². The van der Waals surface area contributed by atoms with E-state index in [1.807, 2.05) is 48.5 Å². The molecule has 0 fully saturated rings. The number of methoxy groups -OCH3 is 1. The standard InChI is InChI=1S/C26H26O7/c1-31-22-9-5-18(6-10-22)19-7-11-23(12-8-19)32-13-3-2-4-14-33-24-16-20(25(27)28)15-21(17-24)26(29)30/h5-12,15-17H,2-4,13-14H2,1H3,(H,27,28)(H,29,30). The number of carboxylic acid groups (broad SMARTS) is 2. The number of carbonyl (C=O) groups is 2. The first-order valence-electron chi connectivity index (χ1n) is 10.6. The van der Waals surface area contributed by atoms with Crippen molar-refractivity contribution in [2.45, 2.75) is 19.3 Å². The molecule has 0 aliphatic rings. The molecule has 0 amide bonds. The minimum absolute atomic E-state index is 0.115. The van der Waals surface area contributed by atoms with E-state index < -0.39 is 11.9 Å². The molecule has 33 heavy (non-hydrogen) atoms. The van der Waals surface area contributed by atoms with Gasteiger partial charge in [-0.05, 0) is 72.9 Å². The number of rotatable bonds is 12. The van der Waals surface area contributed by atoms with Crippen molar-refractivity contribution in [1.82, 2.24) is 0 Å². The smallest absolute Gasteiger partial charge is 0.335 e. The second kappa shape index (κ2) is 11.6. The van der Waals surface area contributed by atoms with Crippen molar-refractivity contribution in [2.75, 3.05) is 20.3 Å². The highest BCUT2D eigenvalue weighted by molar-refractivity contribution is 5.94. The number of benzene rings is 3. The average molecular weight is 450 g/mol. The summed E-state index contributed by atoms with van der Waals surface area (Å²) in [6.07, 6.45) is 2.42. The maximum atomic E-state index is 11.1. The summed E-state index contributed by atoms with van der Waals surface area (Å²) in [6.45, 7) is 0.929. The number of hydrogen-bond donors (Lipinski definition) is 2. The van der Waals surface area contributed by atoms with Gasteiger partial charge in [0.1, 0.15) is 17.2 Å². The Morgan fingerprint density at radius 2 is 1.09 bits per heavy atom. The normalized spacial score (nSPS) is 10.5. The molecule has 0 spiro atoms. The van der Waals surface area contributed by atoms with Crippen molar-refractivity contribution in [3.63, 3.8) is 0 Å². The Hall–Kier alpha value is -4.00. The summed E-state index contributed by atoms with van der Waals surface area (Å²) < 4.78 is 16.5. The molecule has 7 heteroatoms. The highest BCUT2D eigenvalue weighted by Gasteiger charge is 2.12. The lowest BCUT2D eigenvalue weighted by Gasteiger charge is -2.09. The van der Waals surface area contributed by atoms with Crippen molar-refractivity contribution in [3.05, 3.63) is 77.9 Å². The van der Waals surface area contributed by atoms with Crippen molar-refractivity contribution >= 4 is 11.9 Å². The second-order valence-corrected chi connectivity index (χ2v) is 7.37. The Bertz CT molecular complexity index is 1040. The third-order valence-corrected chi connectivity index (χ3v) is 5.00. The van der Waals surface area contributed by atoms with Crippen LogP contribution in [-0.2, 0) is 0 Å². The monoisotopic (exact) mass is 450 g/mol. The molecule has 3 aromatic rings. The van der Waals surface area contributed by atoms with E-state index in [1.54, 1.807) is 7.11 Å². The van der Waals surface area contributed by atoms with Crippen molar-refractivity contribution < 1.29 is 34.0 Å². The molecule has 7 nitrogen and oxygen atoms in total. The Morgan fingerprint density at radius 3 is 1.55 bits per heavy atom. The van der Waals surface area contributed by atoms with Crippen LogP contribution in [0.5, 0.6) is 17.2 Å². The van der Waals surface area contributed by atoms with Crippen molar-refractivity contribution in [2.24, 2.45) is 0 Å². The largest absolute Gasteiger partial charge is 0.497 e. The predicted octanol–water partition coefficient (Wildman–Crippen LogP) is 5.39. The molecule has 3 rings (SSSR count). The number of unbranched alkanes of at least 4 members (excludes halogenated alkanes) is 2. The van der Waals surface area contributed by atoms with Gasteiger partial charge in [0.15, 0.2) is 0 Å². The molecule has 0 aliphatic carbocycles. The van der Waals surface area contributed by atoms with Gasteiger partial charge < -0.3 is 24.4 Å². The molecule has 3 aromatic carbocycles. The van der Waals surface area contributed by atoms with Gasteiger partial charge in [0.25, 0.3) is 0 Å². The zero-order valence-electron chi connectivity index (χ0n) is 18.3. The minimum Gasteiger partial charge on any atom is -0.497 e. The molecule has 0 radical (unpaired) electrons. The Kier molecular flexibility index (Phi) is 8.30. The molecule has 0 heterocycles. The van der Waals surface area contributed by atoms with Crippen LogP contribution in [0.2, 0.25) is 0 Å². The summed E-state index contributed by atoms with van der Waals surface area (Å²) in [7, 11) is 1.64. The molecule has 2 N–H and O–H groups in total. The van der Waals surface area contributed by atoms with E-state index in [1.165, 1.54) is 12.1 Å². The fourth-order valence-corrected chi connectivity index (χ4v) is 3.22. The number of aromatic carboxylic acids is 2. The molecule has 0 saturated heterocycles. The first-order valence-corrected chi connectivity index (χ1v) is 10.6. The van der Waals surface area contributed by atoms with Crippen LogP contribution in [0.3, 0.4) is 0 Å². The molecule has 0 bridgehead atoms. The minimum atomic E-state index is -1.20. The third-order valence-electron chi connectivity index (χ3n) is 5.00. The Morgan fingerprint density at radius 1 is 0.636 bits per heavy atom. The van der Waals surface area contributed by atoms with E-state index in [4.69, 9.17) is 24.4 Å². The average Bonchev–Trinajstić information content (AvgIpc) is 2.83. The number of ether oxygens (including phenoxy) is 3. The van der Waals surface area contributed by atoms with Gasteiger partial charge in [-0.2, -0.15) is 0 Å². The van der Waals surface area contributed by atoms with Crippen LogP contribution in [0.1, 0.15) is 40.0 Å². The van der Waals surface area contributed by atoms with E-state index in [2.05, 4.69) is 0 Å². The maximum absolute atomic E-state index is 11.1. The number of hydrogen-bond acceptors (Lipinski definition) is 5. The highest BCUT2D eigenvalue weighted by atomic mass is 16.5. The lowest BCUT2D eigenvalue weighted by atomic mass is 10.1. The van der Waals surface area contributed by atoms with E-state index in [-0.39, 0.29) is 16.9 Å². The molecule has 0 unspecified atom stereocenters. The third kappa shape index (κ3) is 7.00. The molecular formula is C26H26O7. The highest BCUT2D eigenvalue weighted by Crippen LogP contribution is 2.24. The zero-order chi connectivity index (χ0) is 23.6. The topological polar surface area (TPSA) is 102 Å². The van der Waals surface area contributed by atoms with Gasteiger partial charge in [0.2, 0.25) is 0 Å². The Labute approximate surface area is 192 Å². The molecule has 0 saturated carbocycles. The first-order chi connectivity index (χ1) is 16.0. The SMILES string of the molecule is COc1ccc(-c2ccc(OCCCCCOc3cc(C(=O)O)cc(C(=O)O)c3)cc2)cc1. The fourth-order valence-electron chi connectivity index (χ4n) is 3.22. The summed E-state index contributed by atoms with van der Waals surface area (Å²) in [5.74, 6) is -0.534. The summed E-state index contributed by atoms with van der Waals surface area (Å²) >= 11 is 0. The molecular weight excluding hydrogens is 424 g/mol. The molecule has 0 atom stereocenters. The van der Waals surface area contributed by atoms with Crippen molar-refractivity contribution in [1.29, 1.82) is 0 Å². The zero-order valence-corrected chi connectivity index (χ0v) is 18.3. The van der Waals surface area contributed by atoms with Crippen LogP contribution >= 0.6 is 0 Å². The van der Waals surface area contributed by atoms with Gasteiger partial charge in [-0.3, -0.25) is 0 Å². The van der Waals surface area contributed by atoms with Crippen LogP contribution in [-0.4, -0.2) is 42.5 Å². The van der Waals surface area contributed by atoms with Gasteiger partial charge in [-0.25, -0.2) is 9.59 Å². The summed E-state index contributed by atoms with van der Waals surface area (Å²) in [4.78, 5) is 22.3. The predicted molar refractivity (Wildman–Crippen MR) is 124 cm³/mol. The van der Waals surface area contributed by atoms with Gasteiger partial charge in [-0.1, -0.05) is 24.3 Å². The fraction of sp³-hybridized carbons (Fsp3) is 0.231. The van der Waals surface area contributed by atoms with Gasteiger partial charge in [0, 0.05) is 0 Å².